The van der Waals surface area contributed by atoms with Crippen molar-refractivity contribution in [3.63, 3.8) is 0 Å². The molecule has 1 fully saturated rings. The van der Waals surface area contributed by atoms with E-state index in [9.17, 15) is 0 Å². The standard InChI is InChI=1S/C21H28ClN6O3PS/c1-4-25-32(31-16-7-5-15(22)6-8-16)29-12-17-11-14(2)21(30-17)28-10-9-18-19(26-27-33-3)23-13-24-20(18)28/h5-10,13-14,17,21,25,27H,4,11-12H2,1-3H3,(H,23,24,26). The number of aromatic nitrogens is 3. The minimum atomic E-state index is -1.29. The fraction of sp³-hybridized carbons (Fsp3) is 0.429. The number of anilines is 1. The molecule has 4 rings (SSSR count). The van der Waals surface area contributed by atoms with Crippen molar-refractivity contribution in [2.45, 2.75) is 32.6 Å². The largest absolute Gasteiger partial charge is 0.436 e. The molecule has 0 saturated carbocycles. The van der Waals surface area contributed by atoms with E-state index in [0.29, 0.717) is 23.3 Å². The molecule has 1 aliphatic rings. The normalized spacial score (nSPS) is 21.4. The average molecular weight is 511 g/mol. The molecule has 0 amide bonds. The van der Waals surface area contributed by atoms with Crippen molar-refractivity contribution in [3.8, 4) is 5.75 Å². The first kappa shape index (κ1) is 24.5. The van der Waals surface area contributed by atoms with Crippen LogP contribution >= 0.6 is 32.1 Å². The van der Waals surface area contributed by atoms with Gasteiger partial charge in [0.15, 0.2) is 5.82 Å². The van der Waals surface area contributed by atoms with Gasteiger partial charge in [0.25, 0.3) is 0 Å². The van der Waals surface area contributed by atoms with Gasteiger partial charge < -0.3 is 18.4 Å². The maximum atomic E-state index is 6.39. The molecule has 178 valence electrons. The van der Waals surface area contributed by atoms with Crippen LogP contribution in [0.5, 0.6) is 5.75 Å². The summed E-state index contributed by atoms with van der Waals surface area (Å²) in [4.78, 5) is 11.8. The van der Waals surface area contributed by atoms with E-state index in [1.54, 1.807) is 18.5 Å². The molecule has 4 unspecified atom stereocenters. The van der Waals surface area contributed by atoms with E-state index in [2.05, 4.69) is 36.8 Å². The predicted octanol–water partition coefficient (Wildman–Crippen LogP) is 5.13. The minimum Gasteiger partial charge on any atom is -0.436 e. The number of nitrogens with zero attached hydrogens (tertiary/aromatic N) is 3. The molecule has 3 aromatic rings. The van der Waals surface area contributed by atoms with Crippen LogP contribution in [0, 0.1) is 5.92 Å². The lowest BCUT2D eigenvalue weighted by molar-refractivity contribution is -0.0247. The van der Waals surface area contributed by atoms with Crippen LogP contribution in [0.2, 0.25) is 5.02 Å². The van der Waals surface area contributed by atoms with Gasteiger partial charge in [0.05, 0.1) is 18.1 Å². The van der Waals surface area contributed by atoms with Crippen LogP contribution < -0.4 is 19.9 Å². The van der Waals surface area contributed by atoms with Crippen molar-refractivity contribution in [3.05, 3.63) is 47.9 Å². The molecule has 33 heavy (non-hydrogen) atoms. The molecule has 0 radical (unpaired) electrons. The third-order valence-electron chi connectivity index (χ3n) is 5.18. The van der Waals surface area contributed by atoms with Crippen molar-refractivity contribution in [2.75, 3.05) is 24.8 Å². The lowest BCUT2D eigenvalue weighted by Gasteiger charge is -2.21. The molecule has 0 aliphatic carbocycles. The molecule has 0 bridgehead atoms. The Morgan fingerprint density at radius 3 is 2.85 bits per heavy atom. The van der Waals surface area contributed by atoms with E-state index in [1.165, 1.54) is 11.9 Å². The zero-order valence-corrected chi connectivity index (χ0v) is 21.2. The summed E-state index contributed by atoms with van der Waals surface area (Å²) in [6, 6.07) is 9.26. The first-order chi connectivity index (χ1) is 16.1. The van der Waals surface area contributed by atoms with Crippen LogP contribution in [-0.4, -0.2) is 40.0 Å². The number of hydrazine groups is 1. The third-order valence-corrected chi connectivity index (χ3v) is 7.07. The second-order valence-corrected chi connectivity index (χ2v) is 9.91. The summed E-state index contributed by atoms with van der Waals surface area (Å²) in [6.07, 6.45) is 6.21. The second kappa shape index (κ2) is 11.7. The topological polar surface area (TPSA) is 94.5 Å². The Labute approximate surface area is 204 Å². The number of nitrogens with one attached hydrogen (secondary N) is 3. The van der Waals surface area contributed by atoms with E-state index in [4.69, 9.17) is 25.4 Å². The zero-order chi connectivity index (χ0) is 23.2. The van der Waals surface area contributed by atoms with E-state index < -0.39 is 8.53 Å². The van der Waals surface area contributed by atoms with E-state index >= 15 is 0 Å². The summed E-state index contributed by atoms with van der Waals surface area (Å²) < 4.78 is 20.5. The molecule has 2 aromatic heterocycles. The van der Waals surface area contributed by atoms with Gasteiger partial charge in [-0.1, -0.05) is 37.4 Å². The first-order valence-electron chi connectivity index (χ1n) is 10.7. The Kier molecular flexibility index (Phi) is 8.65. The maximum absolute atomic E-state index is 6.39. The van der Waals surface area contributed by atoms with Gasteiger partial charge in [0, 0.05) is 23.7 Å². The molecule has 1 aliphatic heterocycles. The summed E-state index contributed by atoms with van der Waals surface area (Å²) in [6.45, 7) is 5.38. The predicted molar refractivity (Wildman–Crippen MR) is 134 cm³/mol. The van der Waals surface area contributed by atoms with Crippen LogP contribution in [0.15, 0.2) is 42.9 Å². The zero-order valence-electron chi connectivity index (χ0n) is 18.7. The number of ether oxygens (including phenoxy) is 1. The molecule has 12 heteroatoms. The maximum Gasteiger partial charge on any atom is 0.318 e. The Morgan fingerprint density at radius 2 is 2.09 bits per heavy atom. The van der Waals surface area contributed by atoms with Crippen LogP contribution in [0.3, 0.4) is 0 Å². The lowest BCUT2D eigenvalue weighted by atomic mass is 10.1. The van der Waals surface area contributed by atoms with Crippen molar-refractivity contribution in [2.24, 2.45) is 5.92 Å². The van der Waals surface area contributed by atoms with Gasteiger partial charge in [0.1, 0.15) is 24.0 Å². The highest BCUT2D eigenvalue weighted by Gasteiger charge is 2.35. The van der Waals surface area contributed by atoms with E-state index in [0.717, 1.165) is 29.8 Å². The van der Waals surface area contributed by atoms with Gasteiger partial charge in [0.2, 0.25) is 0 Å². The Bertz CT molecular complexity index is 1040. The molecule has 9 nitrogen and oxygen atoms in total. The summed E-state index contributed by atoms with van der Waals surface area (Å²) >= 11 is 7.43. The summed E-state index contributed by atoms with van der Waals surface area (Å²) in [5, 5.41) is 4.86. The lowest BCUT2D eigenvalue weighted by Crippen LogP contribution is -2.19. The van der Waals surface area contributed by atoms with Crippen LogP contribution in [0.4, 0.5) is 5.82 Å². The molecule has 4 atom stereocenters. The molecule has 3 N–H and O–H groups in total. The highest BCUT2D eigenvalue weighted by molar-refractivity contribution is 7.96. The number of hydrogen-bond acceptors (Lipinski definition) is 9. The van der Waals surface area contributed by atoms with Crippen molar-refractivity contribution < 1.29 is 13.8 Å². The Hall–Kier alpha value is -1.65. The molecule has 1 aromatic carbocycles. The summed E-state index contributed by atoms with van der Waals surface area (Å²) in [7, 11) is -1.29. The first-order valence-corrected chi connectivity index (χ1v) is 13.5. The number of fused-ring (bicyclic) bond motifs is 1. The summed E-state index contributed by atoms with van der Waals surface area (Å²) in [5.74, 6) is 1.74. The van der Waals surface area contributed by atoms with Crippen molar-refractivity contribution >= 4 is 48.9 Å². The van der Waals surface area contributed by atoms with Gasteiger partial charge in [-0.25, -0.2) is 15.1 Å². The Morgan fingerprint density at radius 1 is 1.27 bits per heavy atom. The fourth-order valence-electron chi connectivity index (χ4n) is 3.72. The SMILES string of the molecule is CCNP(OCC1CC(C)C(n2ccc3c(NNSC)ncnc32)O1)Oc1ccc(Cl)cc1. The van der Waals surface area contributed by atoms with Gasteiger partial charge in [-0.05, 0) is 43.0 Å². The fourth-order valence-corrected chi connectivity index (χ4v) is 5.12. The van der Waals surface area contributed by atoms with Crippen LogP contribution in [0.25, 0.3) is 11.0 Å². The van der Waals surface area contributed by atoms with Gasteiger partial charge >= 0.3 is 8.53 Å². The average Bonchev–Trinajstić information content (AvgIpc) is 3.41. The molecule has 1 saturated heterocycles. The number of benzene rings is 1. The second-order valence-electron chi connectivity index (χ2n) is 7.59. The van der Waals surface area contributed by atoms with Crippen molar-refractivity contribution in [1.82, 2.24) is 24.5 Å². The highest BCUT2D eigenvalue weighted by atomic mass is 35.5. The third kappa shape index (κ3) is 6.08. The number of rotatable bonds is 11. The smallest absolute Gasteiger partial charge is 0.318 e. The van der Waals surface area contributed by atoms with Crippen LogP contribution in [0.1, 0.15) is 26.5 Å². The number of hydrogen-bond donors (Lipinski definition) is 3. The highest BCUT2D eigenvalue weighted by Crippen LogP contribution is 2.40. The number of halogens is 1. The molecular weight excluding hydrogens is 483 g/mol. The van der Waals surface area contributed by atoms with Gasteiger partial charge in [-0.15, -0.1) is 0 Å². The minimum absolute atomic E-state index is 0.0440. The van der Waals surface area contributed by atoms with Crippen molar-refractivity contribution in [1.29, 1.82) is 0 Å². The quantitative estimate of drug-likeness (QED) is 0.184. The molecule has 0 spiro atoms. The van der Waals surface area contributed by atoms with Crippen LogP contribution in [-0.2, 0) is 9.26 Å². The van der Waals surface area contributed by atoms with Gasteiger partial charge in [-0.3, -0.25) is 5.43 Å². The van der Waals surface area contributed by atoms with E-state index in [1.807, 2.05) is 37.6 Å². The van der Waals surface area contributed by atoms with Gasteiger partial charge in [-0.2, -0.15) is 4.83 Å². The molecule has 3 heterocycles. The molecular formula is C21H28ClN6O3PS. The monoisotopic (exact) mass is 510 g/mol. The summed E-state index contributed by atoms with van der Waals surface area (Å²) in [5.41, 5.74) is 3.92. The Balaban J connectivity index is 1.39. The van der Waals surface area contributed by atoms with E-state index in [-0.39, 0.29) is 12.3 Å².